The zero-order valence-electron chi connectivity index (χ0n) is 13.4. The fourth-order valence-corrected chi connectivity index (χ4v) is 2.14. The number of aromatic nitrogens is 4. The summed E-state index contributed by atoms with van der Waals surface area (Å²) >= 11 is 0. The number of amides is 1. The summed E-state index contributed by atoms with van der Waals surface area (Å²) in [6.45, 7) is 3.62. The molecule has 2 N–H and O–H groups in total. The maximum Gasteiger partial charge on any atom is 0.294 e. The van der Waals surface area contributed by atoms with Gasteiger partial charge >= 0.3 is 0 Å². The smallest absolute Gasteiger partial charge is 0.294 e. The maximum atomic E-state index is 12.5. The van der Waals surface area contributed by atoms with Gasteiger partial charge in [-0.2, -0.15) is 0 Å². The number of nitrogens with zero attached hydrogens (tertiary/aromatic N) is 4. The summed E-state index contributed by atoms with van der Waals surface area (Å²) in [5.74, 6) is -0.318. The lowest BCUT2D eigenvalue weighted by atomic mass is 10.2. The van der Waals surface area contributed by atoms with Gasteiger partial charge in [0.05, 0.1) is 13.1 Å². The Labute approximate surface area is 137 Å². The maximum absolute atomic E-state index is 12.5. The largest absolute Gasteiger partial charge is 0.360 e. The molecule has 0 bridgehead atoms. The van der Waals surface area contributed by atoms with Crippen LogP contribution in [0.25, 0.3) is 0 Å². The second kappa shape index (κ2) is 7.99. The molecule has 0 aromatic carbocycles. The van der Waals surface area contributed by atoms with E-state index in [-0.39, 0.29) is 18.9 Å². The molecule has 0 radical (unpaired) electrons. The first-order valence-corrected chi connectivity index (χ1v) is 7.38. The first kappa shape index (κ1) is 17.3. The highest BCUT2D eigenvalue weighted by atomic mass is 16.6. The van der Waals surface area contributed by atoms with Gasteiger partial charge in [-0.3, -0.25) is 14.2 Å². The van der Waals surface area contributed by atoms with Crippen molar-refractivity contribution in [1.29, 1.82) is 0 Å². The summed E-state index contributed by atoms with van der Waals surface area (Å²) in [7, 11) is 0. The van der Waals surface area contributed by atoms with E-state index in [9.17, 15) is 14.4 Å². The van der Waals surface area contributed by atoms with Gasteiger partial charge in [0.1, 0.15) is 23.7 Å². The molecule has 0 saturated heterocycles. The molecule has 128 valence electrons. The van der Waals surface area contributed by atoms with Gasteiger partial charge in [-0.1, -0.05) is 17.2 Å². The van der Waals surface area contributed by atoms with Crippen LogP contribution >= 0.6 is 0 Å². The van der Waals surface area contributed by atoms with E-state index < -0.39 is 17.5 Å². The lowest BCUT2D eigenvalue weighted by Crippen LogP contribution is -2.38. The fourth-order valence-electron chi connectivity index (χ4n) is 2.14. The molecule has 1 amide bonds. The predicted octanol–water partition coefficient (Wildman–Crippen LogP) is -0.187. The number of nitrogens with one attached hydrogen (secondary N) is 2. The number of aryl methyl sites for hydroxylation is 1. The van der Waals surface area contributed by atoms with Crippen LogP contribution in [-0.4, -0.2) is 38.6 Å². The Morgan fingerprint density at radius 1 is 1.46 bits per heavy atom. The lowest BCUT2D eigenvalue weighted by molar-refractivity contribution is -0.125. The van der Waals surface area contributed by atoms with Gasteiger partial charge in [-0.25, -0.2) is 9.61 Å². The Morgan fingerprint density at radius 3 is 2.88 bits per heavy atom. The molecule has 2 aromatic heterocycles. The molecule has 1 atom stereocenters. The second-order valence-electron chi connectivity index (χ2n) is 4.97. The van der Waals surface area contributed by atoms with E-state index in [1.165, 1.54) is 17.0 Å². The molecule has 2 rings (SSSR count). The average molecular weight is 334 g/mol. The number of hydrogen-bond donors (Lipinski definition) is 2. The lowest BCUT2D eigenvalue weighted by Gasteiger charge is -2.17. The van der Waals surface area contributed by atoms with E-state index >= 15 is 0 Å². The van der Waals surface area contributed by atoms with Gasteiger partial charge in [-0.15, -0.1) is 0 Å². The van der Waals surface area contributed by atoms with E-state index in [0.717, 1.165) is 0 Å². The quantitative estimate of drug-likeness (QED) is 0.635. The summed E-state index contributed by atoms with van der Waals surface area (Å²) in [4.78, 5) is 39.0. The Kier molecular flexibility index (Phi) is 5.77. The van der Waals surface area contributed by atoms with Crippen LogP contribution in [0.2, 0.25) is 0 Å². The summed E-state index contributed by atoms with van der Waals surface area (Å²) in [6, 6.07) is -0.726. The van der Waals surface area contributed by atoms with E-state index in [4.69, 9.17) is 0 Å². The summed E-state index contributed by atoms with van der Waals surface area (Å²) in [6.07, 6.45) is 3.83. The summed E-state index contributed by atoms with van der Waals surface area (Å²) < 4.78 is 5.87. The van der Waals surface area contributed by atoms with Gasteiger partial charge in [0.15, 0.2) is 5.82 Å². The third-order valence-corrected chi connectivity index (χ3v) is 3.42. The van der Waals surface area contributed by atoms with Crippen LogP contribution in [0, 0.1) is 6.92 Å². The molecule has 10 heteroatoms. The molecule has 10 nitrogen and oxygen atoms in total. The van der Waals surface area contributed by atoms with Crippen molar-refractivity contribution in [3.63, 3.8) is 0 Å². The van der Waals surface area contributed by atoms with Crippen LogP contribution in [0.3, 0.4) is 0 Å². The molecule has 2 aromatic rings. The summed E-state index contributed by atoms with van der Waals surface area (Å²) in [5.41, 5.74) is 0.723. The van der Waals surface area contributed by atoms with Crippen molar-refractivity contribution in [3.05, 3.63) is 34.1 Å². The molecular weight excluding hydrogens is 316 g/mol. The minimum absolute atomic E-state index is 0.0848. The average Bonchev–Trinajstić information content (AvgIpc) is 2.99. The van der Waals surface area contributed by atoms with E-state index in [1.807, 2.05) is 0 Å². The highest BCUT2D eigenvalue weighted by Gasteiger charge is 2.20. The Hall–Kier alpha value is -3.04. The van der Waals surface area contributed by atoms with Gasteiger partial charge in [0, 0.05) is 12.4 Å². The van der Waals surface area contributed by atoms with Gasteiger partial charge in [0.25, 0.3) is 5.56 Å². The van der Waals surface area contributed by atoms with Crippen molar-refractivity contribution in [2.45, 2.75) is 32.9 Å². The Morgan fingerprint density at radius 2 is 2.25 bits per heavy atom. The molecule has 0 spiro atoms. The monoisotopic (exact) mass is 334 g/mol. The third-order valence-electron chi connectivity index (χ3n) is 3.42. The molecule has 0 saturated carbocycles. The Bertz CT molecular complexity index is 769. The minimum atomic E-state index is -0.726. The molecule has 0 fully saturated rings. The molecule has 2 heterocycles. The third kappa shape index (κ3) is 3.83. The molecule has 24 heavy (non-hydrogen) atoms. The SMILES string of the molecule is CC[C@@H](C(=O)NCC=O)n1ccnc(NCc2nonc2C)c1=O. The molecule has 0 aliphatic rings. The normalized spacial score (nSPS) is 11.8. The minimum Gasteiger partial charge on any atom is -0.360 e. The van der Waals surface area contributed by atoms with Crippen molar-refractivity contribution < 1.29 is 14.2 Å². The number of carbonyl (C=O) groups excluding carboxylic acids is 2. The molecular formula is C14H18N6O4. The van der Waals surface area contributed by atoms with Crippen molar-refractivity contribution >= 4 is 18.0 Å². The number of hydrogen-bond acceptors (Lipinski definition) is 8. The van der Waals surface area contributed by atoms with E-state index in [0.29, 0.717) is 24.1 Å². The summed E-state index contributed by atoms with van der Waals surface area (Å²) in [5, 5.41) is 12.7. The van der Waals surface area contributed by atoms with E-state index in [2.05, 4.69) is 30.6 Å². The molecule has 0 aliphatic carbocycles. The number of rotatable bonds is 8. The van der Waals surface area contributed by atoms with Crippen molar-refractivity contribution in [2.75, 3.05) is 11.9 Å². The zero-order valence-corrected chi connectivity index (χ0v) is 13.4. The Balaban J connectivity index is 2.19. The van der Waals surface area contributed by atoms with Crippen LogP contribution in [0.15, 0.2) is 21.8 Å². The van der Waals surface area contributed by atoms with Gasteiger partial charge in [0.2, 0.25) is 5.91 Å². The highest BCUT2D eigenvalue weighted by Crippen LogP contribution is 2.10. The highest BCUT2D eigenvalue weighted by molar-refractivity contribution is 5.82. The van der Waals surface area contributed by atoms with Gasteiger partial charge < -0.3 is 15.4 Å². The first-order chi connectivity index (χ1) is 11.6. The fraction of sp³-hybridized carbons (Fsp3) is 0.429. The van der Waals surface area contributed by atoms with Crippen LogP contribution in [0.4, 0.5) is 5.82 Å². The molecule has 0 aliphatic heterocycles. The van der Waals surface area contributed by atoms with Crippen LogP contribution < -0.4 is 16.2 Å². The first-order valence-electron chi connectivity index (χ1n) is 7.38. The van der Waals surface area contributed by atoms with Gasteiger partial charge in [-0.05, 0) is 13.3 Å². The van der Waals surface area contributed by atoms with Crippen LogP contribution in [-0.2, 0) is 16.1 Å². The van der Waals surface area contributed by atoms with Crippen molar-refractivity contribution in [2.24, 2.45) is 0 Å². The van der Waals surface area contributed by atoms with E-state index in [1.54, 1.807) is 13.8 Å². The number of carbonyl (C=O) groups is 2. The predicted molar refractivity (Wildman–Crippen MR) is 83.3 cm³/mol. The zero-order chi connectivity index (χ0) is 17.5. The van der Waals surface area contributed by atoms with Crippen LogP contribution in [0.5, 0.6) is 0 Å². The van der Waals surface area contributed by atoms with Crippen molar-refractivity contribution in [1.82, 2.24) is 25.2 Å². The van der Waals surface area contributed by atoms with Crippen LogP contribution in [0.1, 0.15) is 30.8 Å². The standard InChI is InChI=1S/C14H18N6O4/c1-3-11(13(22)16-5-7-21)20-6-4-15-12(14(20)23)17-8-10-9(2)18-24-19-10/h4,6-7,11H,3,5,8H2,1-2H3,(H,15,17)(H,16,22)/t11-/m0/s1. The second-order valence-corrected chi connectivity index (χ2v) is 4.97. The number of anilines is 1. The molecule has 0 unspecified atom stereocenters. The number of aldehydes is 1. The van der Waals surface area contributed by atoms with Crippen molar-refractivity contribution in [3.8, 4) is 0 Å². The topological polar surface area (TPSA) is 132 Å².